The molecule has 9 heteroatoms. The van der Waals surface area contributed by atoms with Crippen LogP contribution in [0.2, 0.25) is 0 Å². The maximum atomic E-state index is 13.6. The van der Waals surface area contributed by atoms with Gasteiger partial charge < -0.3 is 9.88 Å². The van der Waals surface area contributed by atoms with Gasteiger partial charge in [0, 0.05) is 16.1 Å². The van der Waals surface area contributed by atoms with E-state index in [2.05, 4.69) is 17.2 Å². The number of nitrogens with zero attached hydrogens (tertiary/aromatic N) is 2. The molecule has 0 bridgehead atoms. The fourth-order valence-corrected chi connectivity index (χ4v) is 5.38. The van der Waals surface area contributed by atoms with Crippen LogP contribution in [0.25, 0.3) is 22.4 Å². The molecule has 1 N–H and O–H groups in total. The molecule has 1 amide bonds. The van der Waals surface area contributed by atoms with Crippen LogP contribution in [0, 0.1) is 5.82 Å². The Morgan fingerprint density at radius 3 is 2.27 bits per heavy atom. The highest BCUT2D eigenvalue weighted by Crippen LogP contribution is 2.36. The summed E-state index contributed by atoms with van der Waals surface area (Å²) in [7, 11) is 0. The van der Waals surface area contributed by atoms with E-state index in [0.29, 0.717) is 28.1 Å². The van der Waals surface area contributed by atoms with E-state index < -0.39 is 23.6 Å². The zero-order valence-corrected chi connectivity index (χ0v) is 23.2. The average molecular weight is 578 g/mol. The van der Waals surface area contributed by atoms with Crippen molar-refractivity contribution < 1.29 is 22.4 Å². The van der Waals surface area contributed by atoms with Crippen LogP contribution in [0.1, 0.15) is 36.6 Å². The third kappa shape index (κ3) is 6.46. The number of rotatable bonds is 8. The second-order valence-corrected chi connectivity index (χ2v) is 11.0. The van der Waals surface area contributed by atoms with Crippen molar-refractivity contribution >= 4 is 34.4 Å². The predicted molar refractivity (Wildman–Crippen MR) is 156 cm³/mol. The molecule has 4 nitrogen and oxygen atoms in total. The Labute approximate surface area is 239 Å². The van der Waals surface area contributed by atoms with Gasteiger partial charge in [-0.25, -0.2) is 9.37 Å². The highest BCUT2D eigenvalue weighted by Gasteiger charge is 2.31. The van der Waals surface area contributed by atoms with Gasteiger partial charge >= 0.3 is 6.18 Å². The Balaban J connectivity index is 1.44. The van der Waals surface area contributed by atoms with Gasteiger partial charge in [0.1, 0.15) is 11.6 Å². The molecule has 0 radical (unpaired) electrons. The Morgan fingerprint density at radius 1 is 0.951 bits per heavy atom. The molecule has 0 unspecified atom stereocenters. The van der Waals surface area contributed by atoms with Crippen molar-refractivity contribution in [2.75, 3.05) is 11.1 Å². The number of halogens is 4. The summed E-state index contributed by atoms with van der Waals surface area (Å²) in [6, 6.07) is 23.8. The molecule has 41 heavy (non-hydrogen) atoms. The molecule has 0 aliphatic carbocycles. The third-order valence-corrected chi connectivity index (χ3v) is 7.68. The molecule has 5 aromatic rings. The Kier molecular flexibility index (Phi) is 8.17. The van der Waals surface area contributed by atoms with E-state index in [-0.39, 0.29) is 12.3 Å². The smallest absolute Gasteiger partial charge is 0.326 e. The van der Waals surface area contributed by atoms with Crippen molar-refractivity contribution in [3.63, 3.8) is 0 Å². The molecule has 4 aromatic carbocycles. The highest BCUT2D eigenvalue weighted by molar-refractivity contribution is 7.99. The van der Waals surface area contributed by atoms with Crippen molar-refractivity contribution in [3.05, 3.63) is 114 Å². The zero-order valence-electron chi connectivity index (χ0n) is 22.4. The first-order valence-corrected chi connectivity index (χ1v) is 14.1. The number of hydrogen-bond donors (Lipinski definition) is 1. The first-order valence-electron chi connectivity index (χ1n) is 13.1. The molecule has 0 spiro atoms. The minimum Gasteiger partial charge on any atom is -0.326 e. The Bertz CT molecular complexity index is 1660. The van der Waals surface area contributed by atoms with Gasteiger partial charge in [-0.15, -0.1) is 11.8 Å². The van der Waals surface area contributed by atoms with Crippen LogP contribution in [-0.2, 0) is 17.4 Å². The maximum absolute atomic E-state index is 13.6. The molecular weight excluding hydrogens is 550 g/mol. The van der Waals surface area contributed by atoms with Crippen molar-refractivity contribution in [1.29, 1.82) is 0 Å². The summed E-state index contributed by atoms with van der Waals surface area (Å²) in [5, 5.41) is 2.90. The van der Waals surface area contributed by atoms with Gasteiger partial charge in [0.05, 0.1) is 29.1 Å². The van der Waals surface area contributed by atoms with Gasteiger partial charge in [-0.05, 0) is 90.5 Å². The number of aromatic nitrogens is 2. The van der Waals surface area contributed by atoms with Gasteiger partial charge in [-0.1, -0.05) is 31.2 Å². The number of benzene rings is 4. The normalized spacial score (nSPS) is 12.4. The summed E-state index contributed by atoms with van der Waals surface area (Å²) >= 11 is 1.74. The molecule has 1 aromatic heterocycles. The maximum Gasteiger partial charge on any atom is 0.416 e. The summed E-state index contributed by atoms with van der Waals surface area (Å²) in [5.74, 6) is 0.872. The molecule has 0 aliphatic heterocycles. The number of carbonyl (C=O) groups is 1. The largest absolute Gasteiger partial charge is 0.416 e. The van der Waals surface area contributed by atoms with Crippen molar-refractivity contribution in [1.82, 2.24) is 9.55 Å². The number of amides is 1. The van der Waals surface area contributed by atoms with Crippen LogP contribution in [0.15, 0.2) is 95.9 Å². The van der Waals surface area contributed by atoms with Gasteiger partial charge in [0.15, 0.2) is 0 Å². The van der Waals surface area contributed by atoms with E-state index in [4.69, 9.17) is 0 Å². The van der Waals surface area contributed by atoms with Gasteiger partial charge in [-0.2, -0.15) is 13.2 Å². The number of carbonyl (C=O) groups excluding carboxylic acids is 1. The van der Waals surface area contributed by atoms with Crippen molar-refractivity contribution in [2.45, 2.75) is 37.4 Å². The minimum atomic E-state index is -4.51. The quantitative estimate of drug-likeness (QED) is 0.148. The van der Waals surface area contributed by atoms with Crippen LogP contribution in [0.4, 0.5) is 23.2 Å². The predicted octanol–water partition coefficient (Wildman–Crippen LogP) is 8.76. The lowest BCUT2D eigenvalue weighted by molar-refractivity contribution is -0.137. The standard InChI is InChI=1S/C32H27F4N3OS/c1-3-41-27-15-4-21(5-16-27)18-30(40)37-26-13-8-23(9-14-26)31-38-28-17-10-24(32(34,35)36)19-29(28)39(31)20(2)22-6-11-25(33)12-7-22/h4-17,19-20H,3,18H2,1-2H3,(H,37,40)/t20-/m1/s1. The molecule has 0 saturated heterocycles. The molecule has 5 rings (SSSR count). The fraction of sp³-hybridized carbons (Fsp3) is 0.188. The molecular formula is C32H27F4N3OS. The number of fused-ring (bicyclic) bond motifs is 1. The summed E-state index contributed by atoms with van der Waals surface area (Å²) < 4.78 is 56.0. The summed E-state index contributed by atoms with van der Waals surface area (Å²) in [5.41, 5.74) is 2.81. The van der Waals surface area contributed by atoms with E-state index in [9.17, 15) is 22.4 Å². The van der Waals surface area contributed by atoms with E-state index in [1.165, 1.54) is 18.2 Å². The van der Waals surface area contributed by atoms with Crippen molar-refractivity contribution in [3.8, 4) is 11.4 Å². The lowest BCUT2D eigenvalue weighted by Crippen LogP contribution is -2.14. The number of alkyl halides is 3. The summed E-state index contributed by atoms with van der Waals surface area (Å²) in [6.07, 6.45) is -4.29. The average Bonchev–Trinajstić information content (AvgIpc) is 3.33. The second kappa shape index (κ2) is 11.8. The summed E-state index contributed by atoms with van der Waals surface area (Å²) in [4.78, 5) is 18.5. The fourth-order valence-electron chi connectivity index (χ4n) is 4.72. The molecule has 210 valence electrons. The minimum absolute atomic E-state index is 0.162. The number of nitrogens with one attached hydrogen (secondary N) is 1. The first-order chi connectivity index (χ1) is 19.6. The van der Waals surface area contributed by atoms with Crippen LogP contribution in [0.3, 0.4) is 0 Å². The third-order valence-electron chi connectivity index (χ3n) is 6.78. The molecule has 0 fully saturated rings. The number of imidazole rings is 1. The molecule has 0 saturated carbocycles. The molecule has 1 atom stereocenters. The van der Waals surface area contributed by atoms with Crippen LogP contribution >= 0.6 is 11.8 Å². The van der Waals surface area contributed by atoms with Crippen LogP contribution in [-0.4, -0.2) is 21.2 Å². The Morgan fingerprint density at radius 2 is 1.63 bits per heavy atom. The van der Waals surface area contributed by atoms with E-state index in [0.717, 1.165) is 33.9 Å². The number of hydrogen-bond acceptors (Lipinski definition) is 3. The highest BCUT2D eigenvalue weighted by atomic mass is 32.2. The monoisotopic (exact) mass is 577 g/mol. The lowest BCUT2D eigenvalue weighted by atomic mass is 10.1. The van der Waals surface area contributed by atoms with Gasteiger partial charge in [-0.3, -0.25) is 4.79 Å². The lowest BCUT2D eigenvalue weighted by Gasteiger charge is -2.19. The van der Waals surface area contributed by atoms with Crippen molar-refractivity contribution in [2.24, 2.45) is 0 Å². The number of anilines is 1. The Hall–Kier alpha value is -4.11. The molecule has 1 heterocycles. The van der Waals surface area contributed by atoms with E-state index in [1.807, 2.05) is 31.2 Å². The number of thioether (sulfide) groups is 1. The second-order valence-electron chi connectivity index (χ2n) is 9.61. The van der Waals surface area contributed by atoms with Gasteiger partial charge in [0.2, 0.25) is 5.91 Å². The topological polar surface area (TPSA) is 46.9 Å². The van der Waals surface area contributed by atoms with Gasteiger partial charge in [0.25, 0.3) is 0 Å². The molecule has 0 aliphatic rings. The van der Waals surface area contributed by atoms with Crippen LogP contribution < -0.4 is 5.32 Å². The zero-order chi connectivity index (χ0) is 29.1. The summed E-state index contributed by atoms with van der Waals surface area (Å²) in [6.45, 7) is 3.92. The van der Waals surface area contributed by atoms with E-state index in [1.54, 1.807) is 52.7 Å². The van der Waals surface area contributed by atoms with Crippen LogP contribution in [0.5, 0.6) is 0 Å². The van der Waals surface area contributed by atoms with E-state index >= 15 is 0 Å². The first kappa shape index (κ1) is 28.4. The SMILES string of the molecule is CCSc1ccc(CC(=O)Nc2ccc(-c3nc4ccc(C(F)(F)F)cc4n3[C@H](C)c3ccc(F)cc3)cc2)cc1.